The maximum absolute atomic E-state index is 12.0. The highest BCUT2D eigenvalue weighted by Gasteiger charge is 2.36. The number of rotatable bonds is 42. The second-order valence-corrected chi connectivity index (χ2v) is 16.6. The molecule has 0 aromatic heterocycles. The number of carbonyl (C=O) groups is 1. The number of hydrogen-bond acceptors (Lipinski definition) is 2. The fourth-order valence-corrected chi connectivity index (χ4v) is 7.76. The third-order valence-corrected chi connectivity index (χ3v) is 11.4. The van der Waals surface area contributed by atoms with Gasteiger partial charge in [0.05, 0.1) is 0 Å². The molecule has 2 nitrogen and oxygen atoms in total. The van der Waals surface area contributed by atoms with Gasteiger partial charge < -0.3 is 4.74 Å². The molecule has 1 saturated heterocycles. The largest absolute Gasteiger partial charge is 0.430 e. The molecule has 1 fully saturated rings. The van der Waals surface area contributed by atoms with Crippen LogP contribution in [-0.2, 0) is 9.53 Å². The van der Waals surface area contributed by atoms with Gasteiger partial charge in [-0.05, 0) is 76.7 Å². The first-order valence-electron chi connectivity index (χ1n) is 24.0. The van der Waals surface area contributed by atoms with E-state index < -0.39 is 0 Å². The van der Waals surface area contributed by atoms with Crippen molar-refractivity contribution in [3.8, 4) is 0 Å². The zero-order chi connectivity index (χ0) is 37.3. The van der Waals surface area contributed by atoms with Crippen molar-refractivity contribution in [2.75, 3.05) is 0 Å². The lowest BCUT2D eigenvalue weighted by atomic mass is 9.93. The van der Waals surface area contributed by atoms with E-state index >= 15 is 0 Å². The van der Waals surface area contributed by atoms with Gasteiger partial charge in [-0.25, -0.2) is 0 Å². The smallest absolute Gasteiger partial charge is 0.321 e. The third-order valence-electron chi connectivity index (χ3n) is 11.4. The lowest BCUT2D eigenvalue weighted by Crippen LogP contribution is -2.32. The predicted octanol–water partition coefficient (Wildman–Crippen LogP) is 17.8. The predicted molar refractivity (Wildman–Crippen MR) is 232 cm³/mol. The third kappa shape index (κ3) is 33.3. The van der Waals surface area contributed by atoms with Crippen molar-refractivity contribution in [3.63, 3.8) is 0 Å². The zero-order valence-corrected chi connectivity index (χ0v) is 35.6. The van der Waals surface area contributed by atoms with E-state index in [-0.39, 0.29) is 11.9 Å². The van der Waals surface area contributed by atoms with Crippen LogP contribution < -0.4 is 0 Å². The van der Waals surface area contributed by atoms with Gasteiger partial charge in [0, 0.05) is 0 Å². The lowest BCUT2D eigenvalue weighted by molar-refractivity contribution is -0.157. The van der Waals surface area contributed by atoms with Crippen molar-refractivity contribution in [2.45, 2.75) is 271 Å². The van der Waals surface area contributed by atoms with Gasteiger partial charge >= 0.3 is 5.97 Å². The van der Waals surface area contributed by atoms with Crippen molar-refractivity contribution in [1.29, 1.82) is 0 Å². The van der Waals surface area contributed by atoms with Crippen LogP contribution in [0.3, 0.4) is 0 Å². The molecule has 52 heavy (non-hydrogen) atoms. The molecule has 0 N–H and O–H groups in total. The molecule has 1 heterocycles. The van der Waals surface area contributed by atoms with Crippen LogP contribution in [0, 0.1) is 5.92 Å². The number of cyclic esters (lactones) is 1. The van der Waals surface area contributed by atoms with E-state index in [2.05, 4.69) is 44.2 Å². The van der Waals surface area contributed by atoms with Crippen molar-refractivity contribution in [2.24, 2.45) is 5.92 Å². The Morgan fingerprint density at radius 1 is 0.365 bits per heavy atom. The van der Waals surface area contributed by atoms with Crippen LogP contribution in [0.2, 0.25) is 0 Å². The SMILES string of the molecule is CCCCCCCCCCC/C=C\CCCCCCCCCC/C=C1\OC(=O)C1CCCCCCCCCC/C=C/CCCCCCCCCCC. The summed E-state index contributed by atoms with van der Waals surface area (Å²) in [6, 6.07) is 0. The Morgan fingerprint density at radius 2 is 0.635 bits per heavy atom. The summed E-state index contributed by atoms with van der Waals surface area (Å²) in [5, 5.41) is 0. The van der Waals surface area contributed by atoms with Gasteiger partial charge in [0.1, 0.15) is 11.7 Å². The van der Waals surface area contributed by atoms with Crippen LogP contribution in [0.4, 0.5) is 0 Å². The Morgan fingerprint density at radius 3 is 0.942 bits per heavy atom. The monoisotopic (exact) mass is 725 g/mol. The summed E-state index contributed by atoms with van der Waals surface area (Å²) in [5.74, 6) is 1.07. The fourth-order valence-electron chi connectivity index (χ4n) is 7.76. The average molecular weight is 725 g/mol. The first kappa shape index (κ1) is 48.7. The molecule has 0 amide bonds. The highest BCUT2D eigenvalue weighted by atomic mass is 16.6. The highest BCUT2D eigenvalue weighted by Crippen LogP contribution is 2.32. The quantitative estimate of drug-likeness (QED) is 0.0356. The van der Waals surface area contributed by atoms with Crippen molar-refractivity contribution in [3.05, 3.63) is 36.1 Å². The van der Waals surface area contributed by atoms with Gasteiger partial charge in [0.2, 0.25) is 0 Å². The molecule has 304 valence electrons. The number of carbonyl (C=O) groups excluding carboxylic acids is 1. The molecule has 1 aliphatic rings. The summed E-state index contributed by atoms with van der Waals surface area (Å²) in [5.41, 5.74) is 0. The first-order valence-corrected chi connectivity index (χ1v) is 24.0. The summed E-state index contributed by atoms with van der Waals surface area (Å²) >= 11 is 0. The molecule has 0 saturated carbocycles. The Labute approximate surface area is 327 Å². The van der Waals surface area contributed by atoms with Crippen LogP contribution >= 0.6 is 0 Å². The van der Waals surface area contributed by atoms with Crippen LogP contribution in [0.25, 0.3) is 0 Å². The van der Waals surface area contributed by atoms with E-state index in [4.69, 9.17) is 4.74 Å². The van der Waals surface area contributed by atoms with Crippen LogP contribution in [0.5, 0.6) is 0 Å². The molecule has 1 aliphatic heterocycles. The molecular formula is C50H92O2. The zero-order valence-electron chi connectivity index (χ0n) is 35.6. The fraction of sp³-hybridized carbons (Fsp3) is 0.860. The molecule has 0 radical (unpaired) electrons. The number of hydrogen-bond donors (Lipinski definition) is 0. The highest BCUT2D eigenvalue weighted by molar-refractivity contribution is 5.82. The molecule has 0 spiro atoms. The average Bonchev–Trinajstić information content (AvgIpc) is 3.15. The first-order chi connectivity index (χ1) is 25.8. The van der Waals surface area contributed by atoms with Crippen molar-refractivity contribution in [1.82, 2.24) is 0 Å². The Hall–Kier alpha value is -1.31. The van der Waals surface area contributed by atoms with E-state index in [0.29, 0.717) is 0 Å². The molecular weight excluding hydrogens is 633 g/mol. The van der Waals surface area contributed by atoms with Gasteiger partial charge in [0.15, 0.2) is 0 Å². The molecule has 1 rings (SSSR count). The molecule has 0 aliphatic carbocycles. The summed E-state index contributed by atoms with van der Waals surface area (Å²) in [6.07, 6.45) is 66.1. The topological polar surface area (TPSA) is 26.3 Å². The van der Waals surface area contributed by atoms with Crippen molar-refractivity contribution >= 4 is 5.97 Å². The lowest BCUT2D eigenvalue weighted by Gasteiger charge is -2.28. The molecule has 0 bridgehead atoms. The Bertz CT molecular complexity index is 822. The maximum atomic E-state index is 12.0. The Kier molecular flexibility index (Phi) is 38.3. The van der Waals surface area contributed by atoms with Gasteiger partial charge in [-0.2, -0.15) is 0 Å². The summed E-state index contributed by atoms with van der Waals surface area (Å²) in [6.45, 7) is 4.59. The molecule has 2 heteroatoms. The Balaban J connectivity index is 1.81. The van der Waals surface area contributed by atoms with E-state index in [9.17, 15) is 4.79 Å². The minimum Gasteiger partial charge on any atom is -0.430 e. The second-order valence-electron chi connectivity index (χ2n) is 16.6. The summed E-state index contributed by atoms with van der Waals surface area (Å²) < 4.78 is 5.41. The van der Waals surface area contributed by atoms with Gasteiger partial charge in [-0.1, -0.05) is 224 Å². The molecule has 1 atom stereocenters. The summed E-state index contributed by atoms with van der Waals surface area (Å²) in [7, 11) is 0. The van der Waals surface area contributed by atoms with E-state index in [1.807, 2.05) is 0 Å². The standard InChI is InChI=1S/C50H92O2/c1-3-5-7-9-11-13-15-17-19-21-23-25-27-29-31-33-35-37-39-41-43-45-47-49-48(50(51)52-49)46-44-42-40-38-36-34-32-30-28-26-24-22-20-18-16-14-12-10-8-6-4-2/h23-26,47-48H,3-22,27-46H2,1-2H3/b25-23-,26-24+,49-47-. The minimum atomic E-state index is 0.0164. The second kappa shape index (κ2) is 40.9. The molecule has 0 aromatic carbocycles. The summed E-state index contributed by atoms with van der Waals surface area (Å²) in [4.78, 5) is 12.0. The van der Waals surface area contributed by atoms with Crippen molar-refractivity contribution < 1.29 is 9.53 Å². The van der Waals surface area contributed by atoms with Crippen LogP contribution in [-0.4, -0.2) is 5.97 Å². The van der Waals surface area contributed by atoms with Gasteiger partial charge in [0.25, 0.3) is 0 Å². The van der Waals surface area contributed by atoms with E-state index in [1.165, 1.54) is 238 Å². The van der Waals surface area contributed by atoms with Gasteiger partial charge in [-0.15, -0.1) is 0 Å². The van der Waals surface area contributed by atoms with E-state index in [1.54, 1.807) is 0 Å². The van der Waals surface area contributed by atoms with Gasteiger partial charge in [-0.3, -0.25) is 4.79 Å². The van der Waals surface area contributed by atoms with Crippen LogP contribution in [0.15, 0.2) is 36.1 Å². The maximum Gasteiger partial charge on any atom is 0.321 e. The van der Waals surface area contributed by atoms with Crippen LogP contribution in [0.1, 0.15) is 271 Å². The van der Waals surface area contributed by atoms with E-state index in [0.717, 1.165) is 25.0 Å². The molecule has 0 aromatic rings. The number of ether oxygens (including phenoxy) is 1. The molecule has 1 unspecified atom stereocenters. The normalized spacial score (nSPS) is 15.4. The number of unbranched alkanes of at least 4 members (excludes halogenated alkanes) is 35. The number of allylic oxidation sites excluding steroid dienone is 5. The minimum absolute atomic E-state index is 0.0164. The number of esters is 1.